The molecular formula is C29H27N9O2. The van der Waals surface area contributed by atoms with Crippen LogP contribution >= 0.6 is 0 Å². The van der Waals surface area contributed by atoms with E-state index < -0.39 is 11.9 Å². The predicted octanol–water partition coefficient (Wildman–Crippen LogP) is 3.02. The van der Waals surface area contributed by atoms with Gasteiger partial charge in [0.25, 0.3) is 11.5 Å². The molecule has 0 unspecified atom stereocenters. The first-order chi connectivity index (χ1) is 19.4. The Morgan fingerprint density at radius 3 is 2.67 bits per heavy atom. The molecular weight excluding hydrogens is 506 g/mol. The molecule has 4 heterocycles. The number of carbonyl (C=O) groups is 1. The van der Waals surface area contributed by atoms with Gasteiger partial charge in [-0.15, -0.1) is 5.10 Å². The second-order valence-corrected chi connectivity index (χ2v) is 9.62. The van der Waals surface area contributed by atoms with Crippen LogP contribution in [0.2, 0.25) is 0 Å². The molecule has 0 radical (unpaired) electrons. The van der Waals surface area contributed by atoms with Crippen molar-refractivity contribution in [3.05, 3.63) is 112 Å². The Kier molecular flexibility index (Phi) is 6.31. The Morgan fingerprint density at radius 1 is 1.07 bits per heavy atom. The molecule has 0 spiro atoms. The Hall–Kier alpha value is -5.32. The number of amides is 1. The van der Waals surface area contributed by atoms with Crippen molar-refractivity contribution in [1.82, 2.24) is 39.2 Å². The molecule has 0 fully saturated rings. The summed E-state index contributed by atoms with van der Waals surface area (Å²) in [7, 11) is 1.88. The summed E-state index contributed by atoms with van der Waals surface area (Å²) in [5, 5.41) is 11.9. The van der Waals surface area contributed by atoms with E-state index in [4.69, 9.17) is 10.7 Å². The van der Waals surface area contributed by atoms with Crippen LogP contribution in [0.4, 0.5) is 5.82 Å². The largest absolute Gasteiger partial charge is 0.381 e. The van der Waals surface area contributed by atoms with Gasteiger partial charge in [0.2, 0.25) is 0 Å². The lowest BCUT2D eigenvalue weighted by Crippen LogP contribution is -2.33. The summed E-state index contributed by atoms with van der Waals surface area (Å²) >= 11 is 0. The van der Waals surface area contributed by atoms with E-state index in [2.05, 4.69) is 20.5 Å². The zero-order valence-corrected chi connectivity index (χ0v) is 22.0. The van der Waals surface area contributed by atoms with E-state index >= 15 is 0 Å². The molecule has 40 heavy (non-hydrogen) atoms. The number of hydrogen-bond donors (Lipinski definition) is 2. The molecule has 2 aromatic carbocycles. The molecule has 3 N–H and O–H groups in total. The number of hydrogen-bond acceptors (Lipinski definition) is 7. The molecule has 11 nitrogen and oxygen atoms in total. The Balaban J connectivity index is 1.43. The van der Waals surface area contributed by atoms with E-state index in [0.29, 0.717) is 34.5 Å². The number of anilines is 1. The smallest absolute Gasteiger partial charge is 0.266 e. The Bertz CT molecular complexity index is 1920. The quantitative estimate of drug-likeness (QED) is 0.322. The molecule has 4 aromatic heterocycles. The van der Waals surface area contributed by atoms with E-state index in [1.165, 1.54) is 4.52 Å². The number of nitrogens with two attached hydrogens (primary N) is 1. The van der Waals surface area contributed by atoms with E-state index in [1.54, 1.807) is 34.6 Å². The molecule has 1 atom stereocenters. The van der Waals surface area contributed by atoms with Crippen LogP contribution in [0.3, 0.4) is 0 Å². The highest BCUT2D eigenvalue weighted by atomic mass is 16.2. The summed E-state index contributed by atoms with van der Waals surface area (Å²) in [6, 6.07) is 16.0. The standard InChI is InChI=1S/C29H27N9O2/c1-18(33-28(39)24-25(30)35-37-15-7-14-31-27(24)37)26-34-22-11-6-8-20(13-12-19-16-32-36(2)17-19)23(22)29(40)38(26)21-9-4-3-5-10-21/h3-11,14-18H,12-13H2,1-2H3,(H2,30,35)(H,33,39)/t18-/m0/s1. The van der Waals surface area contributed by atoms with Crippen LogP contribution in [0.1, 0.15) is 40.3 Å². The summed E-state index contributed by atoms with van der Waals surface area (Å²) in [5.41, 5.74) is 9.58. The van der Waals surface area contributed by atoms with Crippen molar-refractivity contribution in [2.45, 2.75) is 25.8 Å². The molecule has 0 aliphatic rings. The molecule has 6 rings (SSSR count). The third-order valence-electron chi connectivity index (χ3n) is 6.85. The molecule has 11 heteroatoms. The highest BCUT2D eigenvalue weighted by Gasteiger charge is 2.25. The first-order valence-electron chi connectivity index (χ1n) is 12.9. The number of aryl methyl sites for hydroxylation is 3. The fourth-order valence-corrected chi connectivity index (χ4v) is 4.98. The van der Waals surface area contributed by atoms with E-state index in [0.717, 1.165) is 17.5 Å². The van der Waals surface area contributed by atoms with Gasteiger partial charge in [-0.1, -0.05) is 30.3 Å². The van der Waals surface area contributed by atoms with Crippen LogP contribution in [0.25, 0.3) is 22.2 Å². The van der Waals surface area contributed by atoms with Crippen molar-refractivity contribution in [3.63, 3.8) is 0 Å². The zero-order valence-electron chi connectivity index (χ0n) is 22.0. The minimum absolute atomic E-state index is 0.0635. The minimum Gasteiger partial charge on any atom is -0.381 e. The van der Waals surface area contributed by atoms with Gasteiger partial charge in [-0.05, 0) is 55.2 Å². The third kappa shape index (κ3) is 4.47. The molecule has 1 amide bonds. The van der Waals surface area contributed by atoms with E-state index in [9.17, 15) is 9.59 Å². The molecule has 0 aliphatic carbocycles. The SMILES string of the molecule is C[C@H](NC(=O)c1c(N)nn2cccnc12)c1nc2cccc(CCc3cnn(C)c3)c2c(=O)n1-c1ccccc1. The van der Waals surface area contributed by atoms with Crippen molar-refractivity contribution in [2.24, 2.45) is 7.05 Å². The Morgan fingerprint density at radius 2 is 1.90 bits per heavy atom. The number of nitrogens with zero attached hydrogens (tertiary/aromatic N) is 7. The molecule has 0 bridgehead atoms. The number of para-hydroxylation sites is 1. The second-order valence-electron chi connectivity index (χ2n) is 9.62. The van der Waals surface area contributed by atoms with Gasteiger partial charge in [-0.3, -0.25) is 18.8 Å². The topological polar surface area (TPSA) is 138 Å². The van der Waals surface area contributed by atoms with E-state index in [1.807, 2.05) is 68.0 Å². The van der Waals surface area contributed by atoms with E-state index in [-0.39, 0.29) is 16.9 Å². The zero-order chi connectivity index (χ0) is 27.8. The fourth-order valence-electron chi connectivity index (χ4n) is 4.98. The third-order valence-corrected chi connectivity index (χ3v) is 6.85. The number of benzene rings is 2. The maximum Gasteiger partial charge on any atom is 0.266 e. The number of fused-ring (bicyclic) bond motifs is 2. The van der Waals surface area contributed by atoms with Gasteiger partial charge in [0, 0.05) is 25.6 Å². The summed E-state index contributed by atoms with van der Waals surface area (Å²) in [5.74, 6) is -0.00378. The molecule has 6 aromatic rings. The highest BCUT2D eigenvalue weighted by Crippen LogP contribution is 2.23. The van der Waals surface area contributed by atoms with Gasteiger partial charge < -0.3 is 11.1 Å². The maximum atomic E-state index is 14.2. The van der Waals surface area contributed by atoms with Crippen molar-refractivity contribution in [2.75, 3.05) is 5.73 Å². The number of nitrogen functional groups attached to an aromatic ring is 1. The lowest BCUT2D eigenvalue weighted by atomic mass is 10.0. The average molecular weight is 534 g/mol. The highest BCUT2D eigenvalue weighted by molar-refractivity contribution is 6.04. The van der Waals surface area contributed by atoms with Crippen molar-refractivity contribution < 1.29 is 4.79 Å². The first kappa shape index (κ1) is 25.0. The average Bonchev–Trinajstić information content (AvgIpc) is 3.53. The molecule has 0 saturated heterocycles. The fraction of sp³-hybridized carbons (Fsp3) is 0.172. The van der Waals surface area contributed by atoms with Crippen LogP contribution in [-0.4, -0.2) is 39.8 Å². The van der Waals surface area contributed by atoms with Crippen LogP contribution in [0, 0.1) is 0 Å². The van der Waals surface area contributed by atoms with Crippen LogP contribution in [0.5, 0.6) is 0 Å². The summed E-state index contributed by atoms with van der Waals surface area (Å²) in [4.78, 5) is 36.7. The predicted molar refractivity (Wildman–Crippen MR) is 151 cm³/mol. The summed E-state index contributed by atoms with van der Waals surface area (Å²) < 4.78 is 4.79. The monoisotopic (exact) mass is 533 g/mol. The number of carbonyl (C=O) groups excluding carboxylic acids is 1. The molecule has 0 saturated carbocycles. The van der Waals surface area contributed by atoms with Crippen LogP contribution in [0.15, 0.2) is 84.2 Å². The lowest BCUT2D eigenvalue weighted by Gasteiger charge is -2.20. The van der Waals surface area contributed by atoms with Gasteiger partial charge in [0.05, 0.1) is 28.8 Å². The Labute approximate surface area is 228 Å². The van der Waals surface area contributed by atoms with Crippen LogP contribution < -0.4 is 16.6 Å². The van der Waals surface area contributed by atoms with Gasteiger partial charge >= 0.3 is 0 Å². The van der Waals surface area contributed by atoms with Gasteiger partial charge in [0.15, 0.2) is 11.5 Å². The van der Waals surface area contributed by atoms with Crippen molar-refractivity contribution >= 4 is 28.3 Å². The van der Waals surface area contributed by atoms with Gasteiger partial charge in [-0.25, -0.2) is 14.5 Å². The molecule has 200 valence electrons. The maximum absolute atomic E-state index is 14.2. The number of nitrogens with one attached hydrogen (secondary N) is 1. The normalized spacial score (nSPS) is 12.2. The summed E-state index contributed by atoms with van der Waals surface area (Å²) in [6.45, 7) is 1.78. The number of aromatic nitrogens is 7. The first-order valence-corrected chi connectivity index (χ1v) is 12.9. The second kappa shape index (κ2) is 10.1. The lowest BCUT2D eigenvalue weighted by molar-refractivity contribution is 0.0940. The summed E-state index contributed by atoms with van der Waals surface area (Å²) in [6.07, 6.45) is 8.44. The van der Waals surface area contributed by atoms with Gasteiger partial charge in [0.1, 0.15) is 11.4 Å². The van der Waals surface area contributed by atoms with Crippen molar-refractivity contribution in [1.29, 1.82) is 0 Å². The molecule has 0 aliphatic heterocycles. The number of rotatable bonds is 7. The van der Waals surface area contributed by atoms with Crippen molar-refractivity contribution in [3.8, 4) is 5.69 Å². The van der Waals surface area contributed by atoms with Gasteiger partial charge in [-0.2, -0.15) is 5.10 Å². The van der Waals surface area contributed by atoms with Crippen LogP contribution in [-0.2, 0) is 19.9 Å². The minimum atomic E-state index is -0.651.